The van der Waals surface area contributed by atoms with Crippen LogP contribution in [-0.2, 0) is 5.41 Å². The van der Waals surface area contributed by atoms with Crippen LogP contribution in [0.3, 0.4) is 0 Å². The van der Waals surface area contributed by atoms with Crippen molar-refractivity contribution in [3.8, 4) is 17.2 Å². The quantitative estimate of drug-likeness (QED) is 0.482. The third-order valence-electron chi connectivity index (χ3n) is 4.27. The van der Waals surface area contributed by atoms with Gasteiger partial charge in [-0.2, -0.15) is 5.10 Å². The fourth-order valence-corrected chi connectivity index (χ4v) is 2.71. The van der Waals surface area contributed by atoms with Crippen LogP contribution in [0.1, 0.15) is 26.5 Å². The van der Waals surface area contributed by atoms with E-state index < -0.39 is 11.0 Å². The molecular formula is C21H22N4O5. The second-order valence-corrected chi connectivity index (χ2v) is 7.52. The molecule has 9 heteroatoms. The number of carbonyl (C=O) groups is 1. The highest BCUT2D eigenvalue weighted by molar-refractivity contribution is 5.85. The molecule has 0 saturated carbocycles. The fourth-order valence-electron chi connectivity index (χ4n) is 2.71. The van der Waals surface area contributed by atoms with Gasteiger partial charge in [-0.3, -0.25) is 15.4 Å². The Morgan fingerprint density at radius 2 is 1.83 bits per heavy atom. The molecule has 0 bridgehead atoms. The van der Waals surface area contributed by atoms with Crippen LogP contribution in [0, 0.1) is 10.1 Å². The summed E-state index contributed by atoms with van der Waals surface area (Å²) in [7, 11) is 1.35. The Labute approximate surface area is 173 Å². The van der Waals surface area contributed by atoms with Crippen LogP contribution in [0.5, 0.6) is 11.5 Å². The number of amides is 1. The number of anilines is 1. The minimum absolute atomic E-state index is 0.0862. The molecule has 156 valence electrons. The zero-order chi connectivity index (χ0) is 21.9. The Kier molecular flexibility index (Phi) is 5.72. The molecule has 1 N–H and O–H groups in total. The first-order valence-corrected chi connectivity index (χ1v) is 9.16. The van der Waals surface area contributed by atoms with Crippen molar-refractivity contribution < 1.29 is 19.2 Å². The van der Waals surface area contributed by atoms with Crippen LogP contribution in [-0.4, -0.2) is 27.9 Å². The van der Waals surface area contributed by atoms with Gasteiger partial charge >= 0.3 is 11.8 Å². The summed E-state index contributed by atoms with van der Waals surface area (Å²) in [6, 6.07) is 14.8. The summed E-state index contributed by atoms with van der Waals surface area (Å²) in [6.07, 6.45) is -0.684. The van der Waals surface area contributed by atoms with E-state index in [0.717, 1.165) is 5.69 Å². The molecule has 2 aromatic carbocycles. The summed E-state index contributed by atoms with van der Waals surface area (Å²) in [6.45, 7) is 5.96. The molecule has 0 aliphatic rings. The molecule has 3 aromatic rings. The van der Waals surface area contributed by atoms with Crippen molar-refractivity contribution in [2.24, 2.45) is 0 Å². The van der Waals surface area contributed by atoms with Crippen LogP contribution in [0.2, 0.25) is 0 Å². The van der Waals surface area contributed by atoms with Crippen LogP contribution in [0.15, 0.2) is 54.6 Å². The number of nitrogens with zero attached hydrogens (tertiary/aromatic N) is 3. The maximum atomic E-state index is 12.4. The second kappa shape index (κ2) is 8.24. The molecule has 1 amide bonds. The van der Waals surface area contributed by atoms with Gasteiger partial charge in [0.2, 0.25) is 0 Å². The number of hydrogen-bond acceptors (Lipinski definition) is 6. The minimum Gasteiger partial charge on any atom is -0.490 e. The Bertz CT molecular complexity index is 1070. The molecule has 3 rings (SSSR count). The van der Waals surface area contributed by atoms with Crippen LogP contribution >= 0.6 is 0 Å². The van der Waals surface area contributed by atoms with Gasteiger partial charge in [-0.1, -0.05) is 39.0 Å². The minimum atomic E-state index is -0.684. The normalized spacial score (nSPS) is 11.1. The number of ether oxygens (including phenoxy) is 2. The van der Waals surface area contributed by atoms with Gasteiger partial charge in [0, 0.05) is 23.6 Å². The summed E-state index contributed by atoms with van der Waals surface area (Å²) in [5.41, 5.74) is 0.746. The van der Waals surface area contributed by atoms with E-state index in [9.17, 15) is 14.9 Å². The zero-order valence-electron chi connectivity index (χ0n) is 17.1. The van der Waals surface area contributed by atoms with Crippen molar-refractivity contribution in [1.82, 2.24) is 9.78 Å². The van der Waals surface area contributed by atoms with E-state index in [0.29, 0.717) is 17.3 Å². The second-order valence-electron chi connectivity index (χ2n) is 7.52. The Balaban J connectivity index is 1.98. The molecule has 0 unspecified atom stereocenters. The number of para-hydroxylation sites is 1. The highest BCUT2D eigenvalue weighted by atomic mass is 16.6. The fraction of sp³-hybridized carbons (Fsp3) is 0.238. The molecule has 0 aliphatic heterocycles. The summed E-state index contributed by atoms with van der Waals surface area (Å²) in [5, 5.41) is 18.5. The van der Waals surface area contributed by atoms with E-state index in [4.69, 9.17) is 9.47 Å². The number of methoxy groups -OCH3 is 1. The average Bonchev–Trinajstić information content (AvgIpc) is 3.12. The largest absolute Gasteiger partial charge is 0.490 e. The lowest BCUT2D eigenvalue weighted by Crippen LogP contribution is -2.19. The van der Waals surface area contributed by atoms with Gasteiger partial charge in [-0.05, 0) is 18.2 Å². The van der Waals surface area contributed by atoms with Gasteiger partial charge in [0.1, 0.15) is 11.6 Å². The van der Waals surface area contributed by atoms with Gasteiger partial charge < -0.3 is 9.47 Å². The highest BCUT2D eigenvalue weighted by Crippen LogP contribution is 2.32. The summed E-state index contributed by atoms with van der Waals surface area (Å²) >= 11 is 0. The van der Waals surface area contributed by atoms with Crippen molar-refractivity contribution in [3.05, 3.63) is 70.4 Å². The van der Waals surface area contributed by atoms with Gasteiger partial charge in [-0.25, -0.2) is 9.48 Å². The van der Waals surface area contributed by atoms with Crippen LogP contribution in [0.25, 0.3) is 5.69 Å². The number of hydrogen-bond donors (Lipinski definition) is 1. The highest BCUT2D eigenvalue weighted by Gasteiger charge is 2.23. The third-order valence-corrected chi connectivity index (χ3v) is 4.27. The Morgan fingerprint density at radius 3 is 2.43 bits per heavy atom. The Morgan fingerprint density at radius 1 is 1.13 bits per heavy atom. The topological polar surface area (TPSA) is 109 Å². The van der Waals surface area contributed by atoms with E-state index in [2.05, 4.69) is 10.4 Å². The number of rotatable bonds is 5. The molecule has 0 saturated heterocycles. The van der Waals surface area contributed by atoms with Crippen molar-refractivity contribution >= 4 is 17.6 Å². The van der Waals surface area contributed by atoms with E-state index in [1.54, 1.807) is 30.3 Å². The predicted octanol–water partition coefficient (Wildman–Crippen LogP) is 4.70. The molecule has 1 aromatic heterocycles. The van der Waals surface area contributed by atoms with Gasteiger partial charge in [0.15, 0.2) is 5.75 Å². The average molecular weight is 410 g/mol. The maximum Gasteiger partial charge on any atom is 0.418 e. The van der Waals surface area contributed by atoms with E-state index in [-0.39, 0.29) is 16.9 Å². The standard InChI is InChI=1S/C21H22N4O5/c1-21(2,3)18-13-19(22-20(26)30-15-8-6-5-7-9-15)24(23-18)14-10-11-16(25(27)28)17(12-14)29-4/h5-13H,1-4H3,(H,22,26). The number of nitro benzene ring substituents is 1. The van der Waals surface area contributed by atoms with Gasteiger partial charge in [0.25, 0.3) is 0 Å². The van der Waals surface area contributed by atoms with Crippen molar-refractivity contribution in [1.29, 1.82) is 0 Å². The van der Waals surface area contributed by atoms with Gasteiger partial charge in [-0.15, -0.1) is 0 Å². The van der Waals surface area contributed by atoms with E-state index >= 15 is 0 Å². The number of nitrogens with one attached hydrogen (secondary N) is 1. The molecule has 0 radical (unpaired) electrons. The zero-order valence-corrected chi connectivity index (χ0v) is 17.1. The van der Waals surface area contributed by atoms with Crippen molar-refractivity contribution in [3.63, 3.8) is 0 Å². The van der Waals surface area contributed by atoms with Gasteiger partial charge in [0.05, 0.1) is 23.4 Å². The van der Waals surface area contributed by atoms with Crippen LogP contribution in [0.4, 0.5) is 16.3 Å². The third kappa shape index (κ3) is 4.57. The Hall–Kier alpha value is -3.88. The monoisotopic (exact) mass is 410 g/mol. The molecule has 0 atom stereocenters. The lowest BCUT2D eigenvalue weighted by molar-refractivity contribution is -0.385. The smallest absolute Gasteiger partial charge is 0.418 e. The summed E-state index contributed by atoms with van der Waals surface area (Å²) in [5.74, 6) is 0.842. The first kappa shape index (κ1) is 20.8. The van der Waals surface area contributed by atoms with Crippen LogP contribution < -0.4 is 14.8 Å². The summed E-state index contributed by atoms with van der Waals surface area (Å²) in [4.78, 5) is 23.1. The SMILES string of the molecule is COc1cc(-n2nc(C(C)(C)C)cc2NC(=O)Oc2ccccc2)ccc1[N+](=O)[O-]. The molecule has 0 aliphatic carbocycles. The predicted molar refractivity (Wildman–Crippen MR) is 112 cm³/mol. The van der Waals surface area contributed by atoms with Crippen molar-refractivity contribution in [2.75, 3.05) is 12.4 Å². The number of carbonyl (C=O) groups excluding carboxylic acids is 1. The van der Waals surface area contributed by atoms with E-state index in [1.807, 2.05) is 26.8 Å². The first-order chi connectivity index (χ1) is 14.2. The maximum absolute atomic E-state index is 12.4. The number of nitro groups is 1. The molecule has 1 heterocycles. The number of benzene rings is 2. The molecule has 30 heavy (non-hydrogen) atoms. The number of aromatic nitrogens is 2. The molecule has 0 spiro atoms. The lowest BCUT2D eigenvalue weighted by Gasteiger charge is -2.14. The lowest BCUT2D eigenvalue weighted by atomic mass is 9.92. The summed E-state index contributed by atoms with van der Waals surface area (Å²) < 4.78 is 11.9. The first-order valence-electron chi connectivity index (χ1n) is 9.16. The van der Waals surface area contributed by atoms with Crippen molar-refractivity contribution in [2.45, 2.75) is 26.2 Å². The van der Waals surface area contributed by atoms with E-state index in [1.165, 1.54) is 30.0 Å². The molecule has 9 nitrogen and oxygen atoms in total. The molecular weight excluding hydrogens is 388 g/mol. The molecule has 0 fully saturated rings.